The number of hydrogen-bond acceptors (Lipinski definition) is 5. The molecule has 2 N–H and O–H groups in total. The number of piperidine rings is 1. The van der Waals surface area contributed by atoms with E-state index in [1.807, 2.05) is 0 Å². The van der Waals surface area contributed by atoms with E-state index < -0.39 is 0 Å². The van der Waals surface area contributed by atoms with Gasteiger partial charge in [0.1, 0.15) is 0 Å². The Morgan fingerprint density at radius 2 is 2.15 bits per heavy atom. The summed E-state index contributed by atoms with van der Waals surface area (Å²) in [5, 5.41) is 15.1. The van der Waals surface area contributed by atoms with Crippen molar-refractivity contribution >= 4 is 11.7 Å². The predicted molar refractivity (Wildman–Crippen MR) is 96.8 cm³/mol. The molecule has 0 amide bonds. The van der Waals surface area contributed by atoms with Crippen LogP contribution < -0.4 is 5.32 Å². The zero-order chi connectivity index (χ0) is 17.9. The molecule has 3 aliphatic heterocycles. The van der Waals surface area contributed by atoms with Gasteiger partial charge in [-0.05, 0) is 43.4 Å². The number of hydrogen-bond donors (Lipinski definition) is 2. The lowest BCUT2D eigenvalue weighted by atomic mass is 9.56. The molecule has 4 fully saturated rings. The van der Waals surface area contributed by atoms with E-state index in [4.69, 9.17) is 4.74 Å². The maximum Gasteiger partial charge on any atom is 0.311 e. The Labute approximate surface area is 153 Å². The molecule has 5 heteroatoms. The van der Waals surface area contributed by atoms with E-state index >= 15 is 0 Å². The molecule has 138 valence electrons. The van der Waals surface area contributed by atoms with Crippen LogP contribution in [0.5, 0.6) is 0 Å². The normalized spacial score (nSPS) is 50.1. The Kier molecular flexibility index (Phi) is 2.65. The second-order valence-corrected chi connectivity index (χ2v) is 9.12. The number of esters is 1. The van der Waals surface area contributed by atoms with Gasteiger partial charge in [0, 0.05) is 29.1 Å². The molecule has 3 spiro atoms. The molecular formula is C21H26N2O3. The molecule has 0 radical (unpaired) electrons. The highest BCUT2D eigenvalue weighted by Gasteiger charge is 2.87. The number of carbonyl (C=O) groups is 1. The first-order chi connectivity index (χ1) is 12.5. The van der Waals surface area contributed by atoms with Gasteiger partial charge in [-0.15, -0.1) is 0 Å². The molecule has 7 unspecified atom stereocenters. The van der Waals surface area contributed by atoms with Gasteiger partial charge in [0.2, 0.25) is 0 Å². The molecule has 2 saturated heterocycles. The number of ether oxygens (including phenoxy) is 1. The van der Waals surface area contributed by atoms with Crippen LogP contribution in [0.25, 0.3) is 0 Å². The van der Waals surface area contributed by atoms with Gasteiger partial charge in [-0.2, -0.15) is 0 Å². The summed E-state index contributed by atoms with van der Waals surface area (Å²) in [6, 6.07) is 8.90. The maximum absolute atomic E-state index is 12.9. The van der Waals surface area contributed by atoms with E-state index in [0.717, 1.165) is 32.4 Å². The quantitative estimate of drug-likeness (QED) is 0.753. The largest absolute Gasteiger partial charge is 0.469 e. The number of nitrogens with one attached hydrogen (secondary N) is 1. The molecule has 7 atom stereocenters. The smallest absolute Gasteiger partial charge is 0.311 e. The topological polar surface area (TPSA) is 61.8 Å². The Morgan fingerprint density at radius 1 is 1.35 bits per heavy atom. The van der Waals surface area contributed by atoms with Gasteiger partial charge in [-0.25, -0.2) is 0 Å². The van der Waals surface area contributed by atoms with Crippen LogP contribution in [0.2, 0.25) is 0 Å². The van der Waals surface area contributed by atoms with Crippen molar-refractivity contribution in [1.82, 2.24) is 4.90 Å². The molecule has 26 heavy (non-hydrogen) atoms. The molecule has 2 bridgehead atoms. The third kappa shape index (κ3) is 1.23. The summed E-state index contributed by atoms with van der Waals surface area (Å²) in [5.41, 5.74) is 1.83. The number of nitrogens with zero attached hydrogens (tertiary/aromatic N) is 1. The monoisotopic (exact) mass is 354 g/mol. The molecule has 5 nitrogen and oxygen atoms in total. The number of fused-ring (bicyclic) bond motifs is 1. The van der Waals surface area contributed by atoms with E-state index in [1.165, 1.54) is 18.4 Å². The minimum atomic E-state index is -0.353. The van der Waals surface area contributed by atoms with Gasteiger partial charge in [0.25, 0.3) is 0 Å². The molecule has 1 aromatic rings. The van der Waals surface area contributed by atoms with Crippen LogP contribution in [0.15, 0.2) is 24.3 Å². The standard InChI is InChI=1S/C21H26N2O3/c1-12-19-11-14(17(25)26-2)21(12)20(13-5-3-4-6-15(13)22-21)8-10-23(18(19)20)9-7-16(19)24/h3-6,12,14,16,18,22,24H,7-11H2,1-2H3. The third-order valence-electron chi connectivity index (χ3n) is 9.01. The van der Waals surface area contributed by atoms with E-state index in [2.05, 4.69) is 41.4 Å². The maximum atomic E-state index is 12.9. The Bertz CT molecular complexity index is 827. The Balaban J connectivity index is 1.68. The van der Waals surface area contributed by atoms with Gasteiger partial charge in [0.05, 0.1) is 24.7 Å². The van der Waals surface area contributed by atoms with Crippen molar-refractivity contribution in [3.63, 3.8) is 0 Å². The fraction of sp³-hybridized carbons (Fsp3) is 0.667. The van der Waals surface area contributed by atoms with Crippen molar-refractivity contribution in [1.29, 1.82) is 0 Å². The lowest BCUT2D eigenvalue weighted by Crippen LogP contribution is -2.65. The van der Waals surface area contributed by atoms with Crippen molar-refractivity contribution in [2.24, 2.45) is 17.3 Å². The van der Waals surface area contributed by atoms with Gasteiger partial charge in [0.15, 0.2) is 0 Å². The first-order valence-corrected chi connectivity index (χ1v) is 9.91. The molecule has 5 aliphatic rings. The van der Waals surface area contributed by atoms with Gasteiger partial charge < -0.3 is 15.2 Å². The highest BCUT2D eigenvalue weighted by atomic mass is 16.5. The highest BCUT2D eigenvalue weighted by molar-refractivity contribution is 5.82. The fourth-order valence-electron chi connectivity index (χ4n) is 8.42. The van der Waals surface area contributed by atoms with Crippen molar-refractivity contribution in [3.05, 3.63) is 29.8 Å². The van der Waals surface area contributed by atoms with E-state index in [0.29, 0.717) is 6.04 Å². The zero-order valence-corrected chi connectivity index (χ0v) is 15.4. The number of para-hydroxylation sites is 1. The van der Waals surface area contributed by atoms with Crippen LogP contribution in [-0.2, 0) is 14.9 Å². The molecule has 6 rings (SSSR count). The summed E-state index contributed by atoms with van der Waals surface area (Å²) in [7, 11) is 1.50. The molecule has 2 saturated carbocycles. The summed E-state index contributed by atoms with van der Waals surface area (Å²) >= 11 is 0. The first-order valence-electron chi connectivity index (χ1n) is 9.91. The zero-order valence-electron chi connectivity index (χ0n) is 15.4. The number of anilines is 1. The van der Waals surface area contributed by atoms with Crippen molar-refractivity contribution in [3.8, 4) is 0 Å². The lowest BCUT2D eigenvalue weighted by Gasteiger charge is -2.54. The Morgan fingerprint density at radius 3 is 2.96 bits per heavy atom. The van der Waals surface area contributed by atoms with Crippen LogP contribution in [0.1, 0.15) is 31.7 Å². The number of carbonyl (C=O) groups excluding carboxylic acids is 1. The molecule has 1 aromatic carbocycles. The predicted octanol–water partition coefficient (Wildman–Crippen LogP) is 1.76. The van der Waals surface area contributed by atoms with E-state index in [-0.39, 0.29) is 40.3 Å². The van der Waals surface area contributed by atoms with Crippen LogP contribution in [0.3, 0.4) is 0 Å². The van der Waals surface area contributed by atoms with Gasteiger partial charge in [-0.1, -0.05) is 25.1 Å². The van der Waals surface area contributed by atoms with Crippen LogP contribution >= 0.6 is 0 Å². The first kappa shape index (κ1) is 15.5. The average Bonchev–Trinajstić information content (AvgIpc) is 3.31. The molecular weight excluding hydrogens is 328 g/mol. The Hall–Kier alpha value is -1.59. The van der Waals surface area contributed by atoms with Crippen molar-refractivity contribution in [2.45, 2.75) is 49.3 Å². The van der Waals surface area contributed by atoms with Crippen molar-refractivity contribution in [2.75, 3.05) is 25.5 Å². The average molecular weight is 354 g/mol. The summed E-state index contributed by atoms with van der Waals surface area (Å²) in [6.45, 7) is 4.29. The number of aliphatic hydroxyl groups excluding tert-OH is 1. The van der Waals surface area contributed by atoms with Crippen LogP contribution in [-0.4, -0.2) is 53.9 Å². The minimum Gasteiger partial charge on any atom is -0.469 e. The SMILES string of the molecule is COC(=O)C1CC23C(O)CCN4CCC5(c6ccccc6NC15C2C)C43. The molecule has 3 heterocycles. The van der Waals surface area contributed by atoms with Gasteiger partial charge >= 0.3 is 5.97 Å². The van der Waals surface area contributed by atoms with Gasteiger partial charge in [-0.3, -0.25) is 9.69 Å². The van der Waals surface area contributed by atoms with Crippen molar-refractivity contribution < 1.29 is 14.6 Å². The number of methoxy groups -OCH3 is 1. The van der Waals surface area contributed by atoms with Crippen LogP contribution in [0.4, 0.5) is 5.69 Å². The van der Waals surface area contributed by atoms with E-state index in [9.17, 15) is 9.90 Å². The van der Waals surface area contributed by atoms with Crippen LogP contribution in [0, 0.1) is 17.3 Å². The number of benzene rings is 1. The highest BCUT2D eigenvalue weighted by Crippen LogP contribution is 2.79. The number of aliphatic hydroxyl groups is 1. The number of rotatable bonds is 1. The fourth-order valence-corrected chi connectivity index (χ4v) is 8.42. The lowest BCUT2D eigenvalue weighted by molar-refractivity contribution is -0.152. The van der Waals surface area contributed by atoms with E-state index in [1.54, 1.807) is 0 Å². The molecule has 2 aliphatic carbocycles. The third-order valence-corrected chi connectivity index (χ3v) is 9.01. The summed E-state index contributed by atoms with van der Waals surface area (Å²) < 4.78 is 5.28. The second-order valence-electron chi connectivity index (χ2n) is 9.12. The molecule has 0 aromatic heterocycles. The minimum absolute atomic E-state index is 0.110. The second kappa shape index (κ2) is 4.45. The summed E-state index contributed by atoms with van der Waals surface area (Å²) in [4.78, 5) is 15.5. The summed E-state index contributed by atoms with van der Waals surface area (Å²) in [5.74, 6) is -0.114. The summed E-state index contributed by atoms with van der Waals surface area (Å²) in [6.07, 6.45) is 2.24.